The van der Waals surface area contributed by atoms with Crippen LogP contribution in [0.15, 0.2) is 127 Å². The summed E-state index contributed by atoms with van der Waals surface area (Å²) in [6.45, 7) is 23.3. The first-order valence-corrected chi connectivity index (χ1v) is 42.3. The number of hydrogen-bond acceptors (Lipinski definition) is 20. The summed E-state index contributed by atoms with van der Waals surface area (Å²) in [4.78, 5) is 138. The van der Waals surface area contributed by atoms with E-state index in [-0.39, 0.29) is 116 Å². The van der Waals surface area contributed by atoms with Gasteiger partial charge in [-0.3, -0.25) is 48.5 Å². The van der Waals surface area contributed by atoms with Gasteiger partial charge in [0.2, 0.25) is 23.6 Å². The van der Waals surface area contributed by atoms with Gasteiger partial charge >= 0.3 is 18.0 Å². The summed E-state index contributed by atoms with van der Waals surface area (Å²) < 4.78 is 27.5. The van der Waals surface area contributed by atoms with Crippen molar-refractivity contribution < 1.29 is 86.6 Å². The van der Waals surface area contributed by atoms with Gasteiger partial charge < -0.3 is 80.8 Å². The Bertz CT molecular complexity index is 4760. The third kappa shape index (κ3) is 24.3. The summed E-state index contributed by atoms with van der Waals surface area (Å²) in [7, 11) is 0. The Balaban J connectivity index is 0.000000151. The van der Waals surface area contributed by atoms with Crippen LogP contribution in [0.5, 0.6) is 23.0 Å². The van der Waals surface area contributed by atoms with Gasteiger partial charge in [0.15, 0.2) is 0 Å². The first kappa shape index (κ1) is 90.4. The molecule has 2 saturated heterocycles. The minimum Gasteiger partial charge on any atom is -0.508 e. The first-order valence-electron chi connectivity index (χ1n) is 42.3. The van der Waals surface area contributed by atoms with Crippen LogP contribution in [0.1, 0.15) is 254 Å². The van der Waals surface area contributed by atoms with E-state index in [1.807, 2.05) is 45.0 Å². The van der Waals surface area contributed by atoms with Crippen molar-refractivity contribution in [3.63, 3.8) is 0 Å². The molecule has 5 fully saturated rings. The Morgan fingerprint density at radius 1 is 0.545 bits per heavy atom. The van der Waals surface area contributed by atoms with Gasteiger partial charge in [-0.05, 0) is 281 Å². The SMILES string of the molecule is CC(C)(C)OC(=O)CCC(C(N)=O)N1Cc2cc(O)ccc2C1=O.CC1CC(NC(=O)OC(C)(C)C)C1.CC1CC(Oc2ccc3c(c2)CN(C(CCC(=O)OC(C)(C)C)C(N)=O)C3=O)C1.NC1CC(Oc2ccc3c(c2)CN(C2CCC(=O)NC2=O)C3=O)C1.O=CC1CCN(c2ccc([C@@H]3c4ccc(O)cc4CC[C@@H]3c3ccccc3)cc2)CC1. The lowest BCUT2D eigenvalue weighted by Gasteiger charge is -2.35. The molecule has 10 N–H and O–H groups in total. The molecule has 3 saturated carbocycles. The van der Waals surface area contributed by atoms with Crippen LogP contribution in [0.4, 0.5) is 10.5 Å². The van der Waals surface area contributed by atoms with Gasteiger partial charge in [0, 0.05) is 98.3 Å². The van der Waals surface area contributed by atoms with E-state index in [2.05, 4.69) is 90.0 Å². The lowest BCUT2D eigenvalue weighted by molar-refractivity contribution is -0.156. The van der Waals surface area contributed by atoms with Crippen LogP contribution in [0.25, 0.3) is 0 Å². The average molecular weight is 1660 g/mol. The summed E-state index contributed by atoms with van der Waals surface area (Å²) in [5.74, 6) is 0.612. The van der Waals surface area contributed by atoms with E-state index in [1.165, 1.54) is 60.8 Å². The number of carbonyl (C=O) groups is 11. The fourth-order valence-electron chi connectivity index (χ4n) is 17.0. The van der Waals surface area contributed by atoms with E-state index in [0.717, 1.165) is 112 Å². The number of ether oxygens (including phenoxy) is 5. The van der Waals surface area contributed by atoms with Crippen molar-refractivity contribution >= 4 is 71.4 Å². The number of alkyl carbamates (subject to hydrolysis) is 1. The number of imide groups is 1. The highest BCUT2D eigenvalue weighted by Gasteiger charge is 2.43. The second-order valence-corrected chi connectivity index (χ2v) is 36.5. The van der Waals surface area contributed by atoms with Crippen LogP contribution in [0, 0.1) is 17.8 Å². The summed E-state index contributed by atoms with van der Waals surface area (Å²) in [5.41, 5.74) is 25.5. The number of amides is 8. The second-order valence-electron chi connectivity index (χ2n) is 36.5. The highest BCUT2D eigenvalue weighted by Crippen LogP contribution is 2.48. The van der Waals surface area contributed by atoms with E-state index in [4.69, 9.17) is 40.9 Å². The van der Waals surface area contributed by atoms with Gasteiger partial charge in [-0.15, -0.1) is 0 Å². The molecule has 0 spiro atoms. The predicted octanol–water partition coefficient (Wildman–Crippen LogP) is 12.4. The Kier molecular flexibility index (Phi) is 29.2. The molecule has 27 heteroatoms. The molecular formula is C94H119N9O18. The molecule has 5 heterocycles. The number of nitrogens with two attached hydrogens (primary N) is 3. The molecule has 4 aliphatic carbocycles. The maximum absolute atomic E-state index is 12.8. The number of piperidine rings is 2. The number of benzene rings is 6. The van der Waals surface area contributed by atoms with Crippen LogP contribution in [-0.4, -0.2) is 163 Å². The Morgan fingerprint density at radius 2 is 1.03 bits per heavy atom. The zero-order valence-electron chi connectivity index (χ0n) is 71.4. The third-order valence-electron chi connectivity index (χ3n) is 23.1. The van der Waals surface area contributed by atoms with Gasteiger partial charge in [-0.25, -0.2) is 4.79 Å². The van der Waals surface area contributed by atoms with Crippen molar-refractivity contribution in [1.29, 1.82) is 0 Å². The minimum atomic E-state index is -0.903. The van der Waals surface area contributed by atoms with Crippen LogP contribution < -0.4 is 42.2 Å². The molecule has 6 aromatic carbocycles. The molecule has 15 rings (SSSR count). The van der Waals surface area contributed by atoms with Gasteiger partial charge in [0.1, 0.15) is 70.3 Å². The number of rotatable bonds is 20. The highest BCUT2D eigenvalue weighted by molar-refractivity contribution is 6.06. The average Bonchev–Trinajstić information content (AvgIpc) is 1.23. The number of carbonyl (C=O) groups excluding carboxylic acids is 11. The molecule has 5 atom stereocenters. The number of aldehydes is 1. The van der Waals surface area contributed by atoms with Crippen molar-refractivity contribution in [1.82, 2.24) is 25.3 Å². The second kappa shape index (κ2) is 39.0. The molecule has 0 aromatic heterocycles. The van der Waals surface area contributed by atoms with Gasteiger partial charge in [0.05, 0.1) is 6.10 Å². The Labute approximate surface area is 708 Å². The number of phenols is 2. The summed E-state index contributed by atoms with van der Waals surface area (Å²) in [6.07, 6.45) is 11.9. The predicted molar refractivity (Wildman–Crippen MR) is 454 cm³/mol. The van der Waals surface area contributed by atoms with Crippen LogP contribution in [0.2, 0.25) is 0 Å². The van der Waals surface area contributed by atoms with E-state index >= 15 is 0 Å². The topological polar surface area (TPSA) is 389 Å². The quantitative estimate of drug-likeness (QED) is 0.0161. The van der Waals surface area contributed by atoms with Gasteiger partial charge in [-0.2, -0.15) is 0 Å². The molecule has 5 aliphatic heterocycles. The number of aryl methyl sites for hydroxylation is 1. The van der Waals surface area contributed by atoms with Gasteiger partial charge in [0.25, 0.3) is 17.7 Å². The van der Waals surface area contributed by atoms with Crippen molar-refractivity contribution in [3.8, 4) is 23.0 Å². The smallest absolute Gasteiger partial charge is 0.407 e. The fraction of sp³-hybridized carbons (Fsp3) is 0.500. The maximum atomic E-state index is 12.8. The number of anilines is 1. The van der Waals surface area contributed by atoms with Crippen molar-refractivity contribution in [2.75, 3.05) is 18.0 Å². The zero-order valence-corrected chi connectivity index (χ0v) is 71.4. The van der Waals surface area contributed by atoms with E-state index in [1.54, 1.807) is 65.8 Å². The number of esters is 2. The number of nitrogens with zero attached hydrogens (tertiary/aromatic N) is 4. The molecule has 0 bridgehead atoms. The van der Waals surface area contributed by atoms with Crippen molar-refractivity contribution in [2.45, 2.75) is 270 Å². The molecular weight excluding hydrogens is 1540 g/mol. The van der Waals surface area contributed by atoms with E-state index in [0.29, 0.717) is 58.8 Å². The summed E-state index contributed by atoms with van der Waals surface area (Å²) >= 11 is 0. The van der Waals surface area contributed by atoms with Gasteiger partial charge in [-0.1, -0.05) is 62.4 Å². The summed E-state index contributed by atoms with van der Waals surface area (Å²) in [6, 6.07) is 39.2. The summed E-state index contributed by atoms with van der Waals surface area (Å²) in [5, 5.41) is 24.7. The van der Waals surface area contributed by atoms with E-state index < -0.39 is 59.0 Å². The molecule has 0 radical (unpaired) electrons. The largest absolute Gasteiger partial charge is 0.508 e. The molecule has 27 nitrogen and oxygen atoms in total. The maximum Gasteiger partial charge on any atom is 0.407 e. The first-order chi connectivity index (χ1) is 57.2. The zero-order chi connectivity index (χ0) is 87.5. The number of nitrogens with one attached hydrogen (secondary N) is 2. The number of primary amides is 2. The number of hydrogen-bond donors (Lipinski definition) is 7. The molecule has 8 amide bonds. The lowest BCUT2D eigenvalue weighted by atomic mass is 9.69. The Hall–Kier alpha value is -11.4. The van der Waals surface area contributed by atoms with Crippen LogP contribution in [0.3, 0.4) is 0 Å². The molecule has 3 unspecified atom stereocenters. The highest BCUT2D eigenvalue weighted by atomic mass is 16.6. The number of phenolic OH excluding ortho intramolecular Hbond substituents is 2. The van der Waals surface area contributed by atoms with Crippen molar-refractivity contribution in [3.05, 3.63) is 183 Å². The normalized spacial score (nSPS) is 22.5. The van der Waals surface area contributed by atoms with Crippen LogP contribution in [-0.2, 0) is 73.8 Å². The molecule has 9 aliphatic rings. The number of fused-ring (bicyclic) bond motifs is 4. The minimum absolute atomic E-state index is 0.0131. The van der Waals surface area contributed by atoms with Crippen molar-refractivity contribution in [2.24, 2.45) is 35.0 Å². The molecule has 121 heavy (non-hydrogen) atoms. The number of aromatic hydroxyl groups is 2. The Morgan fingerprint density at radius 3 is 1.53 bits per heavy atom. The fourth-order valence-corrected chi connectivity index (χ4v) is 17.0. The van der Waals surface area contributed by atoms with E-state index in [9.17, 15) is 63.0 Å². The van der Waals surface area contributed by atoms with Crippen LogP contribution >= 0.6 is 0 Å². The molecule has 6 aromatic rings. The standard InChI is InChI=1S/C28H29NO2.C22H30N2O5.C17H19N3O4.C17H22N2O5.C10H19NO2/c30-19-20-14-16-29(17-15-20)24-9-6-22(7-10-24)28-26(21-4-2-1-3-5-21)12-8-23-18-25(31)11-13-27(23)28;1-13-9-16(10-13)28-15-5-6-17-14(11-15)12-24(21(17)27)18(20(23)26)7-8-19(25)29-22(2,3)4;18-10-6-12(7-10)24-11-1-2-13-9(5-11)8-20(17(13)23)14-3-4-15(21)19-16(14)22;1-17(2,3)24-14(21)7-6-13(15(18)22)19-9-10-8-11(20)4-5-12(10)16(19)23;1-7-5-8(6-7)11-9(12)13-10(2,3)4/h1-7,9-11,13,18-20,26,28,31H,8,12,14-17H2;5-6,11,13,16,18H,7-10,12H2,1-4H3,(H2,23,26);1-2,5,10,12,14H,3-4,6-8,18H2,(H,19,21,22);4-5,8,13,20H,6-7,9H2,1-3H3,(H2,18,22);7-8H,5-6H2,1-4H3,(H,11,12)/t26-,28+;;;;/m1..../s1. The monoisotopic (exact) mass is 1660 g/mol. The third-order valence-corrected chi connectivity index (χ3v) is 23.1. The molecule has 648 valence electrons. The lowest BCUT2D eigenvalue weighted by Crippen LogP contribution is -2.52.